The number of thiol groups is 2. The molecule has 0 aliphatic heterocycles. The van der Waals surface area contributed by atoms with Crippen LogP contribution in [0.3, 0.4) is 0 Å². The first-order valence-corrected chi connectivity index (χ1v) is 6.74. The van der Waals surface area contributed by atoms with Crippen LogP contribution in [0.15, 0.2) is 0 Å². The molecule has 0 N–H and O–H groups in total. The van der Waals surface area contributed by atoms with Gasteiger partial charge in [0.2, 0.25) is 5.91 Å². The Hall–Kier alpha value is 0.130. The third-order valence-electron chi connectivity index (χ3n) is 2.78. The van der Waals surface area contributed by atoms with Gasteiger partial charge in [-0.1, -0.05) is 26.2 Å². The van der Waals surface area contributed by atoms with Crippen molar-refractivity contribution in [3.63, 3.8) is 0 Å². The van der Waals surface area contributed by atoms with E-state index in [1.54, 1.807) is 0 Å². The zero-order chi connectivity index (χ0) is 12.7. The number of hydrogen-bond acceptors (Lipinski definition) is 4. The van der Waals surface area contributed by atoms with Crippen LogP contribution in [0.1, 0.15) is 26.7 Å². The molecule has 0 rings (SSSR count). The molecule has 0 aromatic carbocycles. The van der Waals surface area contributed by atoms with Crippen LogP contribution in [-0.4, -0.2) is 47.5 Å². The first-order valence-electron chi connectivity index (χ1n) is 5.71. The molecule has 5 heteroatoms. The molecule has 0 heterocycles. The van der Waals surface area contributed by atoms with Crippen LogP contribution >= 0.6 is 25.4 Å². The fourth-order valence-electron chi connectivity index (χ4n) is 1.36. The van der Waals surface area contributed by atoms with Gasteiger partial charge in [0.25, 0.3) is 0 Å². The van der Waals surface area contributed by atoms with Gasteiger partial charge in [-0.25, -0.2) is 0 Å². The molecule has 2 atom stereocenters. The van der Waals surface area contributed by atoms with Crippen LogP contribution in [0, 0.1) is 5.92 Å². The van der Waals surface area contributed by atoms with Gasteiger partial charge in [0.15, 0.2) is 0 Å². The van der Waals surface area contributed by atoms with Crippen LogP contribution in [0.2, 0.25) is 0 Å². The normalized spacial score (nSPS) is 14.9. The van der Waals surface area contributed by atoms with Gasteiger partial charge >= 0.3 is 0 Å². The SMILES string of the molecule is CCCC(CS)C(=O)N(S)CC(C)N(C)C. The Labute approximate surface area is 111 Å². The van der Waals surface area contributed by atoms with E-state index in [1.807, 2.05) is 14.1 Å². The molecule has 0 radical (unpaired) electrons. The lowest BCUT2D eigenvalue weighted by Gasteiger charge is -2.27. The minimum absolute atomic E-state index is 0.000181. The van der Waals surface area contributed by atoms with Gasteiger partial charge in [0.05, 0.1) is 0 Å². The number of carbonyl (C=O) groups excluding carboxylic acids is 1. The summed E-state index contributed by atoms with van der Waals surface area (Å²) >= 11 is 8.49. The Morgan fingerprint density at radius 1 is 1.38 bits per heavy atom. The van der Waals surface area contributed by atoms with Crippen LogP contribution in [-0.2, 0) is 4.79 Å². The molecule has 0 bridgehead atoms. The second kappa shape index (κ2) is 8.25. The summed E-state index contributed by atoms with van der Waals surface area (Å²) in [6.45, 7) is 4.80. The summed E-state index contributed by atoms with van der Waals surface area (Å²) in [5.41, 5.74) is 0. The summed E-state index contributed by atoms with van der Waals surface area (Å²) in [6, 6.07) is 0.309. The van der Waals surface area contributed by atoms with E-state index in [9.17, 15) is 4.79 Å². The van der Waals surface area contributed by atoms with Crippen LogP contribution in [0.4, 0.5) is 0 Å². The Morgan fingerprint density at radius 3 is 2.31 bits per heavy atom. The van der Waals surface area contributed by atoms with Crippen molar-refractivity contribution in [1.29, 1.82) is 0 Å². The molecule has 0 aliphatic carbocycles. The van der Waals surface area contributed by atoms with Crippen molar-refractivity contribution in [1.82, 2.24) is 9.21 Å². The van der Waals surface area contributed by atoms with Gasteiger partial charge < -0.3 is 4.90 Å². The van der Waals surface area contributed by atoms with E-state index in [0.717, 1.165) is 12.8 Å². The lowest BCUT2D eigenvalue weighted by Crippen LogP contribution is -2.39. The molecule has 3 nitrogen and oxygen atoms in total. The van der Waals surface area contributed by atoms with E-state index in [4.69, 9.17) is 0 Å². The second-order valence-electron chi connectivity index (χ2n) is 4.40. The molecule has 0 saturated carbocycles. The van der Waals surface area contributed by atoms with E-state index in [1.165, 1.54) is 4.31 Å². The molecule has 0 aromatic rings. The maximum absolute atomic E-state index is 12.0. The highest BCUT2D eigenvalue weighted by Crippen LogP contribution is 2.14. The molecular weight excluding hydrogens is 240 g/mol. The lowest BCUT2D eigenvalue weighted by molar-refractivity contribution is -0.130. The zero-order valence-corrected chi connectivity index (χ0v) is 12.5. The average Bonchev–Trinajstić information content (AvgIpc) is 2.24. The van der Waals surface area contributed by atoms with Gasteiger partial charge in [0, 0.05) is 24.3 Å². The Balaban J connectivity index is 4.25. The third kappa shape index (κ3) is 5.46. The predicted molar refractivity (Wildman–Crippen MR) is 76.1 cm³/mol. The van der Waals surface area contributed by atoms with Crippen molar-refractivity contribution in [3.05, 3.63) is 0 Å². The fraction of sp³-hybridized carbons (Fsp3) is 0.909. The first-order chi connectivity index (χ1) is 7.43. The minimum Gasteiger partial charge on any atom is -0.305 e. The van der Waals surface area contributed by atoms with Gasteiger partial charge in [-0.3, -0.25) is 9.10 Å². The van der Waals surface area contributed by atoms with Crippen LogP contribution in [0.25, 0.3) is 0 Å². The maximum Gasteiger partial charge on any atom is 0.236 e. The van der Waals surface area contributed by atoms with E-state index in [0.29, 0.717) is 18.3 Å². The third-order valence-corrected chi connectivity index (χ3v) is 3.58. The van der Waals surface area contributed by atoms with Crippen molar-refractivity contribution in [2.75, 3.05) is 26.4 Å². The summed E-state index contributed by atoms with van der Waals surface area (Å²) in [5, 5.41) is 0. The van der Waals surface area contributed by atoms with Gasteiger partial charge in [-0.2, -0.15) is 12.6 Å². The molecule has 0 saturated heterocycles. The van der Waals surface area contributed by atoms with Gasteiger partial charge in [0.1, 0.15) is 0 Å². The Kier molecular flexibility index (Phi) is 8.32. The summed E-state index contributed by atoms with van der Waals surface area (Å²) in [7, 11) is 4.00. The number of hydrogen-bond donors (Lipinski definition) is 2. The number of rotatable bonds is 7. The van der Waals surface area contributed by atoms with Crippen molar-refractivity contribution in [2.45, 2.75) is 32.7 Å². The van der Waals surface area contributed by atoms with Gasteiger partial charge in [-0.15, -0.1) is 0 Å². The lowest BCUT2D eigenvalue weighted by atomic mass is 10.1. The molecule has 0 fully saturated rings. The highest BCUT2D eigenvalue weighted by atomic mass is 32.1. The molecule has 16 heavy (non-hydrogen) atoms. The van der Waals surface area contributed by atoms with Crippen molar-refractivity contribution < 1.29 is 4.79 Å². The Bertz CT molecular complexity index is 212. The van der Waals surface area contributed by atoms with Gasteiger partial charge in [-0.05, 0) is 27.4 Å². The van der Waals surface area contributed by atoms with Crippen molar-refractivity contribution in [2.24, 2.45) is 5.92 Å². The summed E-state index contributed by atoms with van der Waals surface area (Å²) in [4.78, 5) is 14.1. The molecule has 0 aliphatic rings. The maximum atomic E-state index is 12.0. The number of likely N-dealkylation sites (N-methyl/N-ethyl adjacent to an activating group) is 1. The fourth-order valence-corrected chi connectivity index (χ4v) is 2.09. The number of carbonyl (C=O) groups is 1. The average molecular weight is 264 g/mol. The van der Waals surface area contributed by atoms with Crippen LogP contribution < -0.4 is 0 Å². The quantitative estimate of drug-likeness (QED) is 0.687. The monoisotopic (exact) mass is 264 g/mol. The molecular formula is C11H24N2OS2. The smallest absolute Gasteiger partial charge is 0.236 e. The zero-order valence-electron chi connectivity index (χ0n) is 10.7. The van der Waals surface area contributed by atoms with E-state index in [-0.39, 0.29) is 11.8 Å². The molecule has 2 unspecified atom stereocenters. The summed E-state index contributed by atoms with van der Waals surface area (Å²) in [6.07, 6.45) is 1.89. The topological polar surface area (TPSA) is 23.6 Å². The standard InChI is InChI=1S/C11H24N2OS2/c1-5-6-10(8-15)11(14)13(16)7-9(2)12(3)4/h9-10,15-16H,5-8H2,1-4H3. The van der Waals surface area contributed by atoms with Crippen molar-refractivity contribution in [3.8, 4) is 0 Å². The Morgan fingerprint density at radius 2 is 1.94 bits per heavy atom. The first kappa shape index (κ1) is 16.1. The van der Waals surface area contributed by atoms with E-state index < -0.39 is 0 Å². The highest BCUT2D eigenvalue weighted by molar-refractivity contribution is 7.80. The minimum atomic E-state index is 0.000181. The van der Waals surface area contributed by atoms with Crippen molar-refractivity contribution >= 4 is 31.4 Å². The number of amides is 1. The molecule has 96 valence electrons. The highest BCUT2D eigenvalue weighted by Gasteiger charge is 2.22. The summed E-state index contributed by atoms with van der Waals surface area (Å²) < 4.78 is 1.53. The van der Waals surface area contributed by atoms with E-state index in [2.05, 4.69) is 44.2 Å². The number of nitrogens with zero attached hydrogens (tertiary/aromatic N) is 2. The molecule has 1 amide bonds. The molecule has 0 spiro atoms. The summed E-state index contributed by atoms with van der Waals surface area (Å²) in [5.74, 6) is 0.689. The largest absolute Gasteiger partial charge is 0.305 e. The van der Waals surface area contributed by atoms with E-state index >= 15 is 0 Å². The molecule has 0 aromatic heterocycles. The van der Waals surface area contributed by atoms with Crippen LogP contribution in [0.5, 0.6) is 0 Å². The predicted octanol–water partition coefficient (Wildman–Crippen LogP) is 1.96. The second-order valence-corrected chi connectivity index (χ2v) is 5.25.